The van der Waals surface area contributed by atoms with Crippen molar-refractivity contribution in [1.29, 1.82) is 0 Å². The van der Waals surface area contributed by atoms with E-state index in [9.17, 15) is 9.90 Å². The van der Waals surface area contributed by atoms with E-state index in [1.807, 2.05) is 6.92 Å². The number of carbonyl (C=O) groups is 1. The quantitative estimate of drug-likeness (QED) is 0.750. The lowest BCUT2D eigenvalue weighted by atomic mass is 9.95. The summed E-state index contributed by atoms with van der Waals surface area (Å²) in [5, 5.41) is 9.67. The van der Waals surface area contributed by atoms with Crippen molar-refractivity contribution in [3.8, 4) is 5.75 Å². The van der Waals surface area contributed by atoms with Gasteiger partial charge in [-0.05, 0) is 43.0 Å². The highest BCUT2D eigenvalue weighted by Gasteiger charge is 2.14. The van der Waals surface area contributed by atoms with Gasteiger partial charge in [0.25, 0.3) is 0 Å². The van der Waals surface area contributed by atoms with Gasteiger partial charge in [0.15, 0.2) is 0 Å². The zero-order valence-electron chi connectivity index (χ0n) is 8.72. The Balaban J connectivity index is 3.51. The molecule has 1 amide bonds. The van der Waals surface area contributed by atoms with Crippen LogP contribution in [-0.4, -0.2) is 11.0 Å². The Kier molecular flexibility index (Phi) is 2.79. The maximum absolute atomic E-state index is 11.1. The first kappa shape index (κ1) is 10.6. The molecule has 76 valence electrons. The Hall–Kier alpha value is -1.51. The third kappa shape index (κ3) is 1.58. The lowest BCUT2D eigenvalue weighted by Crippen LogP contribution is -2.14. The molecule has 0 saturated carbocycles. The van der Waals surface area contributed by atoms with Crippen LogP contribution < -0.4 is 5.73 Å². The van der Waals surface area contributed by atoms with Gasteiger partial charge < -0.3 is 10.8 Å². The molecule has 1 aromatic rings. The van der Waals surface area contributed by atoms with E-state index >= 15 is 0 Å². The van der Waals surface area contributed by atoms with Crippen molar-refractivity contribution < 1.29 is 9.90 Å². The Morgan fingerprint density at radius 2 is 2.07 bits per heavy atom. The monoisotopic (exact) mass is 193 g/mol. The molecule has 0 aliphatic heterocycles. The average Bonchev–Trinajstić information content (AvgIpc) is 2.13. The first-order valence-electron chi connectivity index (χ1n) is 4.60. The average molecular weight is 193 g/mol. The predicted octanol–water partition coefficient (Wildman–Crippen LogP) is 1.67. The van der Waals surface area contributed by atoms with Gasteiger partial charge in [0.05, 0.1) is 0 Å². The lowest BCUT2D eigenvalue weighted by molar-refractivity contribution is 0.0999. The molecule has 0 atom stereocenters. The third-order valence-corrected chi connectivity index (χ3v) is 2.49. The second-order valence-electron chi connectivity index (χ2n) is 3.41. The number of aryl methyl sites for hydroxylation is 1. The Labute approximate surface area is 83.6 Å². The van der Waals surface area contributed by atoms with Crippen LogP contribution in [0.1, 0.15) is 34.0 Å². The van der Waals surface area contributed by atoms with Crippen LogP contribution in [-0.2, 0) is 6.42 Å². The highest BCUT2D eigenvalue weighted by atomic mass is 16.3. The standard InChI is InChI=1S/C11H15NO2/c1-4-8-7(3)10(13)6(2)5-9(8)11(12)14/h5,13H,4H2,1-3H3,(H2,12,14). The summed E-state index contributed by atoms with van der Waals surface area (Å²) in [5.74, 6) is -0.181. The van der Waals surface area contributed by atoms with Crippen LogP contribution in [0.25, 0.3) is 0 Å². The number of primary amides is 1. The van der Waals surface area contributed by atoms with E-state index in [4.69, 9.17) is 5.73 Å². The molecule has 3 N–H and O–H groups in total. The highest BCUT2D eigenvalue weighted by Crippen LogP contribution is 2.28. The summed E-state index contributed by atoms with van der Waals surface area (Å²) in [6.07, 6.45) is 0.692. The number of hydrogen-bond acceptors (Lipinski definition) is 2. The fourth-order valence-electron chi connectivity index (χ4n) is 1.69. The second-order valence-corrected chi connectivity index (χ2v) is 3.41. The molecule has 0 aliphatic carbocycles. The maximum atomic E-state index is 11.1. The van der Waals surface area contributed by atoms with Gasteiger partial charge in [-0.2, -0.15) is 0 Å². The minimum atomic E-state index is -0.437. The first-order chi connectivity index (χ1) is 6.49. The van der Waals surface area contributed by atoms with Gasteiger partial charge in [-0.1, -0.05) is 6.92 Å². The van der Waals surface area contributed by atoms with Crippen molar-refractivity contribution in [1.82, 2.24) is 0 Å². The molecule has 0 unspecified atom stereocenters. The fourth-order valence-corrected chi connectivity index (χ4v) is 1.69. The van der Waals surface area contributed by atoms with E-state index in [1.165, 1.54) is 0 Å². The smallest absolute Gasteiger partial charge is 0.249 e. The predicted molar refractivity (Wildman–Crippen MR) is 55.5 cm³/mol. The van der Waals surface area contributed by atoms with Gasteiger partial charge in [0.1, 0.15) is 5.75 Å². The molecule has 0 aromatic heterocycles. The van der Waals surface area contributed by atoms with Crippen molar-refractivity contribution in [2.24, 2.45) is 5.73 Å². The summed E-state index contributed by atoms with van der Waals surface area (Å²) < 4.78 is 0. The fraction of sp³-hybridized carbons (Fsp3) is 0.364. The van der Waals surface area contributed by atoms with Gasteiger partial charge in [-0.3, -0.25) is 4.79 Å². The van der Waals surface area contributed by atoms with Crippen molar-refractivity contribution in [3.05, 3.63) is 28.3 Å². The van der Waals surface area contributed by atoms with Gasteiger partial charge in [-0.15, -0.1) is 0 Å². The number of phenols is 1. The van der Waals surface area contributed by atoms with Gasteiger partial charge in [0.2, 0.25) is 5.91 Å². The van der Waals surface area contributed by atoms with Crippen molar-refractivity contribution >= 4 is 5.91 Å². The van der Waals surface area contributed by atoms with E-state index in [1.54, 1.807) is 19.9 Å². The first-order valence-corrected chi connectivity index (χ1v) is 4.60. The number of amides is 1. The number of nitrogens with two attached hydrogens (primary N) is 1. The molecular weight excluding hydrogens is 178 g/mol. The van der Waals surface area contributed by atoms with Crippen LogP contribution in [0.3, 0.4) is 0 Å². The molecule has 3 heteroatoms. The number of hydrogen-bond donors (Lipinski definition) is 2. The molecule has 0 radical (unpaired) electrons. The molecule has 1 aromatic carbocycles. The normalized spacial score (nSPS) is 10.2. The van der Waals surface area contributed by atoms with Gasteiger partial charge in [0, 0.05) is 5.56 Å². The zero-order chi connectivity index (χ0) is 10.9. The molecule has 0 aliphatic rings. The Bertz CT molecular complexity index is 383. The molecular formula is C11H15NO2. The van der Waals surface area contributed by atoms with Gasteiger partial charge >= 0.3 is 0 Å². The molecule has 0 heterocycles. The van der Waals surface area contributed by atoms with Crippen LogP contribution >= 0.6 is 0 Å². The van der Waals surface area contributed by atoms with Crippen LogP contribution in [0, 0.1) is 13.8 Å². The van der Waals surface area contributed by atoms with E-state index in [0.29, 0.717) is 17.5 Å². The topological polar surface area (TPSA) is 63.3 Å². The van der Waals surface area contributed by atoms with Crippen molar-refractivity contribution in [2.75, 3.05) is 0 Å². The van der Waals surface area contributed by atoms with Crippen LogP contribution in [0.4, 0.5) is 0 Å². The summed E-state index contributed by atoms with van der Waals surface area (Å²) in [4.78, 5) is 11.1. The Morgan fingerprint density at radius 3 is 2.50 bits per heavy atom. The van der Waals surface area contributed by atoms with E-state index in [2.05, 4.69) is 0 Å². The summed E-state index contributed by atoms with van der Waals surface area (Å²) in [6.45, 7) is 5.49. The van der Waals surface area contributed by atoms with E-state index < -0.39 is 5.91 Å². The molecule has 1 rings (SSSR count). The molecule has 0 spiro atoms. The van der Waals surface area contributed by atoms with E-state index in [-0.39, 0.29) is 5.75 Å². The minimum absolute atomic E-state index is 0.256. The second kappa shape index (κ2) is 3.70. The summed E-state index contributed by atoms with van der Waals surface area (Å²) in [7, 11) is 0. The van der Waals surface area contributed by atoms with Gasteiger partial charge in [-0.25, -0.2) is 0 Å². The lowest BCUT2D eigenvalue weighted by Gasteiger charge is -2.12. The number of rotatable bonds is 2. The minimum Gasteiger partial charge on any atom is -0.507 e. The number of benzene rings is 1. The van der Waals surface area contributed by atoms with Crippen LogP contribution in [0.15, 0.2) is 6.07 Å². The number of carbonyl (C=O) groups excluding carboxylic acids is 1. The number of phenolic OH excluding ortho intramolecular Hbond substituents is 1. The molecule has 0 fully saturated rings. The van der Waals surface area contributed by atoms with Crippen LogP contribution in [0.5, 0.6) is 5.75 Å². The third-order valence-electron chi connectivity index (χ3n) is 2.49. The van der Waals surface area contributed by atoms with Crippen molar-refractivity contribution in [3.63, 3.8) is 0 Å². The summed E-state index contributed by atoms with van der Waals surface area (Å²) >= 11 is 0. The Morgan fingerprint density at radius 1 is 1.50 bits per heavy atom. The van der Waals surface area contributed by atoms with Crippen LogP contribution in [0.2, 0.25) is 0 Å². The zero-order valence-corrected chi connectivity index (χ0v) is 8.72. The van der Waals surface area contributed by atoms with E-state index in [0.717, 1.165) is 11.1 Å². The molecule has 0 saturated heterocycles. The SMILES string of the molecule is CCc1c(C(N)=O)cc(C)c(O)c1C. The summed E-state index contributed by atoms with van der Waals surface area (Å²) in [5.41, 5.74) is 8.05. The summed E-state index contributed by atoms with van der Waals surface area (Å²) in [6, 6.07) is 1.64. The number of aromatic hydroxyl groups is 1. The highest BCUT2D eigenvalue weighted by molar-refractivity contribution is 5.95. The van der Waals surface area contributed by atoms with Crippen molar-refractivity contribution in [2.45, 2.75) is 27.2 Å². The molecule has 14 heavy (non-hydrogen) atoms. The molecule has 3 nitrogen and oxygen atoms in total. The largest absolute Gasteiger partial charge is 0.507 e. The maximum Gasteiger partial charge on any atom is 0.249 e. The molecule has 0 bridgehead atoms.